The SMILES string of the molecule is COCCN(c1ccc(CO)c(Cl)c1)C(C)C1CC1. The van der Waals surface area contributed by atoms with E-state index in [4.69, 9.17) is 16.3 Å². The van der Waals surface area contributed by atoms with Gasteiger partial charge in [-0.2, -0.15) is 0 Å². The van der Waals surface area contributed by atoms with Gasteiger partial charge in [0.05, 0.1) is 13.2 Å². The summed E-state index contributed by atoms with van der Waals surface area (Å²) in [6, 6.07) is 6.39. The summed E-state index contributed by atoms with van der Waals surface area (Å²) < 4.78 is 5.20. The predicted octanol–water partition coefficient (Wildman–Crippen LogP) is 3.08. The molecule has 1 unspecified atom stereocenters. The molecule has 0 radical (unpaired) electrons. The fraction of sp³-hybridized carbons (Fsp3) is 0.600. The van der Waals surface area contributed by atoms with Gasteiger partial charge >= 0.3 is 0 Å². The van der Waals surface area contributed by atoms with Crippen molar-refractivity contribution in [2.24, 2.45) is 5.92 Å². The Kier molecular flexibility index (Phi) is 5.08. The minimum atomic E-state index is -0.0185. The summed E-state index contributed by atoms with van der Waals surface area (Å²) in [6.45, 7) is 3.82. The van der Waals surface area contributed by atoms with Crippen molar-refractivity contribution in [1.82, 2.24) is 0 Å². The van der Waals surface area contributed by atoms with Gasteiger partial charge in [0.1, 0.15) is 0 Å². The normalized spacial score (nSPS) is 16.4. The van der Waals surface area contributed by atoms with Crippen molar-refractivity contribution >= 4 is 17.3 Å². The summed E-state index contributed by atoms with van der Waals surface area (Å²) in [6.07, 6.45) is 2.63. The summed E-state index contributed by atoms with van der Waals surface area (Å²) >= 11 is 6.19. The molecule has 1 N–H and O–H groups in total. The van der Waals surface area contributed by atoms with Gasteiger partial charge in [-0.25, -0.2) is 0 Å². The highest BCUT2D eigenvalue weighted by molar-refractivity contribution is 6.31. The van der Waals surface area contributed by atoms with E-state index >= 15 is 0 Å². The van der Waals surface area contributed by atoms with Crippen molar-refractivity contribution in [3.63, 3.8) is 0 Å². The molecular weight excluding hydrogens is 262 g/mol. The Morgan fingerprint density at radius 1 is 1.47 bits per heavy atom. The summed E-state index contributed by atoms with van der Waals surface area (Å²) in [7, 11) is 1.72. The van der Waals surface area contributed by atoms with E-state index in [-0.39, 0.29) is 6.61 Å². The van der Waals surface area contributed by atoms with Crippen molar-refractivity contribution in [3.8, 4) is 0 Å². The number of halogens is 1. The molecule has 106 valence electrons. The standard InChI is InChI=1S/C15H22ClNO2/c1-11(12-3-4-12)17(7-8-19-2)14-6-5-13(10-18)15(16)9-14/h5-6,9,11-12,18H,3-4,7-8,10H2,1-2H3. The van der Waals surface area contributed by atoms with Crippen LogP contribution >= 0.6 is 11.6 Å². The molecule has 0 amide bonds. The molecule has 1 aliphatic carbocycles. The lowest BCUT2D eigenvalue weighted by Gasteiger charge is -2.31. The first-order valence-corrected chi connectivity index (χ1v) is 7.20. The molecule has 0 saturated heterocycles. The average Bonchev–Trinajstić information content (AvgIpc) is 3.23. The van der Waals surface area contributed by atoms with E-state index in [2.05, 4.69) is 11.8 Å². The second kappa shape index (κ2) is 6.60. The number of rotatable bonds is 7. The van der Waals surface area contributed by atoms with Crippen LogP contribution in [0, 0.1) is 5.92 Å². The molecule has 1 atom stereocenters. The Balaban J connectivity index is 2.18. The highest BCUT2D eigenvalue weighted by Gasteiger charge is 2.32. The molecule has 1 aliphatic rings. The molecule has 0 spiro atoms. The van der Waals surface area contributed by atoms with Gasteiger partial charge in [0.15, 0.2) is 0 Å². The molecule has 1 fully saturated rings. The quantitative estimate of drug-likeness (QED) is 0.835. The number of nitrogens with zero attached hydrogens (tertiary/aromatic N) is 1. The second-order valence-electron chi connectivity index (χ2n) is 5.20. The van der Waals surface area contributed by atoms with Crippen LogP contribution < -0.4 is 4.90 Å². The number of benzene rings is 1. The first kappa shape index (κ1) is 14.6. The molecule has 1 saturated carbocycles. The van der Waals surface area contributed by atoms with Gasteiger partial charge < -0.3 is 14.7 Å². The van der Waals surface area contributed by atoms with Crippen LogP contribution in [0.1, 0.15) is 25.3 Å². The first-order valence-electron chi connectivity index (χ1n) is 6.82. The van der Waals surface area contributed by atoms with E-state index in [1.165, 1.54) is 12.8 Å². The monoisotopic (exact) mass is 283 g/mol. The number of methoxy groups -OCH3 is 1. The lowest BCUT2D eigenvalue weighted by atomic mass is 10.1. The molecule has 19 heavy (non-hydrogen) atoms. The van der Waals surface area contributed by atoms with Crippen LogP contribution in [-0.2, 0) is 11.3 Å². The van der Waals surface area contributed by atoms with Crippen molar-refractivity contribution in [3.05, 3.63) is 28.8 Å². The maximum Gasteiger partial charge on any atom is 0.0696 e. The molecular formula is C15H22ClNO2. The third-order valence-electron chi connectivity index (χ3n) is 3.87. The summed E-state index contributed by atoms with van der Waals surface area (Å²) in [5, 5.41) is 9.81. The van der Waals surface area contributed by atoms with E-state index < -0.39 is 0 Å². The van der Waals surface area contributed by atoms with Crippen molar-refractivity contribution in [2.45, 2.75) is 32.4 Å². The summed E-state index contributed by atoms with van der Waals surface area (Å²) in [5.74, 6) is 0.785. The number of aliphatic hydroxyl groups excluding tert-OH is 1. The topological polar surface area (TPSA) is 32.7 Å². The Labute approximate surface area is 120 Å². The summed E-state index contributed by atoms with van der Waals surface area (Å²) in [5.41, 5.74) is 1.88. The third kappa shape index (κ3) is 3.62. The fourth-order valence-electron chi connectivity index (χ4n) is 2.43. The first-order chi connectivity index (χ1) is 9.17. The summed E-state index contributed by atoms with van der Waals surface area (Å²) in [4.78, 5) is 2.36. The van der Waals surface area contributed by atoms with E-state index in [0.29, 0.717) is 17.7 Å². The molecule has 0 aliphatic heterocycles. The zero-order valence-corrected chi connectivity index (χ0v) is 12.4. The average molecular weight is 284 g/mol. The lowest BCUT2D eigenvalue weighted by Crippen LogP contribution is -2.37. The fourth-order valence-corrected chi connectivity index (χ4v) is 2.67. The Morgan fingerprint density at radius 3 is 2.74 bits per heavy atom. The predicted molar refractivity (Wildman–Crippen MR) is 78.8 cm³/mol. The number of ether oxygens (including phenoxy) is 1. The minimum absolute atomic E-state index is 0.0185. The van der Waals surface area contributed by atoms with Gasteiger partial charge in [-0.05, 0) is 43.4 Å². The highest BCUT2D eigenvalue weighted by atomic mass is 35.5. The van der Waals surface area contributed by atoms with Crippen molar-refractivity contribution < 1.29 is 9.84 Å². The van der Waals surface area contributed by atoms with Gasteiger partial charge in [-0.15, -0.1) is 0 Å². The molecule has 1 aromatic rings. The zero-order valence-electron chi connectivity index (χ0n) is 11.6. The van der Waals surface area contributed by atoms with Crippen LogP contribution in [0.15, 0.2) is 18.2 Å². The Bertz CT molecular complexity index is 421. The molecule has 0 aromatic heterocycles. The molecule has 0 bridgehead atoms. The van der Waals surface area contributed by atoms with Gasteiger partial charge in [0.2, 0.25) is 0 Å². The molecule has 2 rings (SSSR count). The molecule has 3 nitrogen and oxygen atoms in total. The van der Waals surface area contributed by atoms with Gasteiger partial charge in [0.25, 0.3) is 0 Å². The second-order valence-corrected chi connectivity index (χ2v) is 5.61. The maximum atomic E-state index is 9.18. The number of hydrogen-bond donors (Lipinski definition) is 1. The van der Waals surface area contributed by atoms with Gasteiger partial charge in [-0.3, -0.25) is 0 Å². The van der Waals surface area contributed by atoms with Crippen LogP contribution in [0.5, 0.6) is 0 Å². The molecule has 0 heterocycles. The van der Waals surface area contributed by atoms with Crippen molar-refractivity contribution in [2.75, 3.05) is 25.2 Å². The maximum absolute atomic E-state index is 9.18. The smallest absolute Gasteiger partial charge is 0.0696 e. The number of aliphatic hydroxyl groups is 1. The number of hydrogen-bond acceptors (Lipinski definition) is 3. The van der Waals surface area contributed by atoms with E-state index in [0.717, 1.165) is 23.7 Å². The minimum Gasteiger partial charge on any atom is -0.392 e. The van der Waals surface area contributed by atoms with Gasteiger partial charge in [-0.1, -0.05) is 17.7 Å². The Hall–Kier alpha value is -0.770. The van der Waals surface area contributed by atoms with Crippen LogP contribution in [0.25, 0.3) is 0 Å². The van der Waals surface area contributed by atoms with Crippen LogP contribution in [-0.4, -0.2) is 31.4 Å². The van der Waals surface area contributed by atoms with E-state index in [1.807, 2.05) is 18.2 Å². The highest BCUT2D eigenvalue weighted by Crippen LogP contribution is 2.37. The third-order valence-corrected chi connectivity index (χ3v) is 4.22. The van der Waals surface area contributed by atoms with E-state index in [1.54, 1.807) is 7.11 Å². The lowest BCUT2D eigenvalue weighted by molar-refractivity contribution is 0.202. The van der Waals surface area contributed by atoms with Crippen LogP contribution in [0.2, 0.25) is 5.02 Å². The van der Waals surface area contributed by atoms with Crippen molar-refractivity contribution in [1.29, 1.82) is 0 Å². The van der Waals surface area contributed by atoms with Gasteiger partial charge in [0, 0.05) is 30.4 Å². The Morgan fingerprint density at radius 2 is 2.21 bits per heavy atom. The molecule has 4 heteroatoms. The molecule has 1 aromatic carbocycles. The zero-order chi connectivity index (χ0) is 13.8. The van der Waals surface area contributed by atoms with E-state index in [9.17, 15) is 5.11 Å². The number of anilines is 1. The van der Waals surface area contributed by atoms with Crippen LogP contribution in [0.4, 0.5) is 5.69 Å². The van der Waals surface area contributed by atoms with Crippen LogP contribution in [0.3, 0.4) is 0 Å². The largest absolute Gasteiger partial charge is 0.392 e.